The molecule has 0 saturated carbocycles. The van der Waals surface area contributed by atoms with E-state index in [1.807, 2.05) is 24.3 Å². The van der Waals surface area contributed by atoms with Crippen LogP contribution in [0.4, 0.5) is 0 Å². The molecular formula is C23H23N5O2. The van der Waals surface area contributed by atoms with E-state index in [1.165, 1.54) is 17.2 Å². The van der Waals surface area contributed by atoms with E-state index >= 15 is 0 Å². The second-order valence-electron chi connectivity index (χ2n) is 7.91. The fraction of sp³-hybridized carbons (Fsp3) is 0.304. The lowest BCUT2D eigenvalue weighted by Crippen LogP contribution is -2.46. The first-order chi connectivity index (χ1) is 14.6. The summed E-state index contributed by atoms with van der Waals surface area (Å²) in [6.07, 6.45) is 4.19. The number of hydrogen-bond donors (Lipinski definition) is 1. The SMILES string of the molecule is CC(=O)Cn1nnnc1-c1ccc(C2=CC3(CCNCC3)Oc3ccccc32)cc1. The first kappa shape index (κ1) is 18.7. The summed E-state index contributed by atoms with van der Waals surface area (Å²) in [5, 5.41) is 15.2. The van der Waals surface area contributed by atoms with Crippen LogP contribution in [0.5, 0.6) is 5.75 Å². The predicted molar refractivity (Wildman–Crippen MR) is 113 cm³/mol. The lowest BCUT2D eigenvalue weighted by molar-refractivity contribution is -0.117. The highest BCUT2D eigenvalue weighted by Crippen LogP contribution is 2.42. The van der Waals surface area contributed by atoms with Gasteiger partial charge in [-0.1, -0.05) is 42.5 Å². The van der Waals surface area contributed by atoms with Crippen molar-refractivity contribution in [1.29, 1.82) is 0 Å². The number of carbonyl (C=O) groups is 1. The van der Waals surface area contributed by atoms with Crippen LogP contribution < -0.4 is 10.1 Å². The van der Waals surface area contributed by atoms with Crippen LogP contribution in [0.3, 0.4) is 0 Å². The molecular weight excluding hydrogens is 378 g/mol. The summed E-state index contributed by atoms with van der Waals surface area (Å²) in [7, 11) is 0. The molecule has 2 aliphatic heterocycles. The third-order valence-electron chi connectivity index (χ3n) is 5.71. The second kappa shape index (κ2) is 7.50. The lowest BCUT2D eigenvalue weighted by Gasteiger charge is -2.40. The molecule has 7 heteroatoms. The zero-order chi connectivity index (χ0) is 20.6. The Bertz CT molecular complexity index is 1110. The first-order valence-electron chi connectivity index (χ1n) is 10.2. The Morgan fingerprint density at radius 2 is 1.83 bits per heavy atom. The Labute approximate surface area is 174 Å². The summed E-state index contributed by atoms with van der Waals surface area (Å²) in [6, 6.07) is 16.4. The summed E-state index contributed by atoms with van der Waals surface area (Å²) in [6.45, 7) is 3.59. The summed E-state index contributed by atoms with van der Waals surface area (Å²) in [5.74, 6) is 1.54. The molecule has 1 N–H and O–H groups in total. The molecule has 152 valence electrons. The van der Waals surface area contributed by atoms with E-state index in [4.69, 9.17) is 4.74 Å². The standard InChI is InChI=1S/C23H23N5O2/c1-16(29)15-28-22(25-26-27-28)18-8-6-17(7-9-18)20-14-23(10-12-24-13-11-23)30-21-5-3-2-4-19(20)21/h2-9,14,24H,10-13,15H2,1H3. The van der Waals surface area contributed by atoms with Crippen molar-refractivity contribution in [1.82, 2.24) is 25.5 Å². The molecule has 0 bridgehead atoms. The zero-order valence-electron chi connectivity index (χ0n) is 16.8. The number of aromatic nitrogens is 4. The first-order valence-corrected chi connectivity index (χ1v) is 10.2. The molecule has 0 radical (unpaired) electrons. The molecule has 0 amide bonds. The molecule has 0 aliphatic carbocycles. The Kier molecular flexibility index (Phi) is 4.67. The number of fused-ring (bicyclic) bond motifs is 1. The molecule has 2 aromatic carbocycles. The number of carbonyl (C=O) groups excluding carboxylic acids is 1. The number of tetrazole rings is 1. The van der Waals surface area contributed by atoms with Gasteiger partial charge in [0.25, 0.3) is 0 Å². The topological polar surface area (TPSA) is 81.9 Å². The maximum absolute atomic E-state index is 11.5. The van der Waals surface area contributed by atoms with Gasteiger partial charge in [0.15, 0.2) is 11.6 Å². The van der Waals surface area contributed by atoms with E-state index in [-0.39, 0.29) is 17.9 Å². The lowest BCUT2D eigenvalue weighted by atomic mass is 9.83. The van der Waals surface area contributed by atoms with Gasteiger partial charge in [-0.3, -0.25) is 4.79 Å². The van der Waals surface area contributed by atoms with Gasteiger partial charge in [-0.2, -0.15) is 0 Å². The maximum Gasteiger partial charge on any atom is 0.182 e. The summed E-state index contributed by atoms with van der Waals surface area (Å²) >= 11 is 0. The van der Waals surface area contributed by atoms with Crippen LogP contribution >= 0.6 is 0 Å². The molecule has 3 aromatic rings. The van der Waals surface area contributed by atoms with Gasteiger partial charge in [-0.15, -0.1) is 5.10 Å². The van der Waals surface area contributed by atoms with Crippen LogP contribution in [-0.4, -0.2) is 44.7 Å². The minimum absolute atomic E-state index is 0.0106. The van der Waals surface area contributed by atoms with Crippen LogP contribution in [0.1, 0.15) is 30.9 Å². The number of ketones is 1. The molecule has 0 unspecified atom stereocenters. The van der Waals surface area contributed by atoms with E-state index < -0.39 is 0 Å². The fourth-order valence-corrected chi connectivity index (χ4v) is 4.23. The van der Waals surface area contributed by atoms with Gasteiger partial charge in [0.2, 0.25) is 0 Å². The number of para-hydroxylation sites is 1. The predicted octanol–water partition coefficient (Wildman–Crippen LogP) is 2.88. The van der Waals surface area contributed by atoms with E-state index in [0.29, 0.717) is 5.82 Å². The van der Waals surface area contributed by atoms with E-state index in [0.717, 1.165) is 48.4 Å². The molecule has 1 fully saturated rings. The summed E-state index contributed by atoms with van der Waals surface area (Å²) in [5.41, 5.74) is 4.03. The fourth-order valence-electron chi connectivity index (χ4n) is 4.23. The third-order valence-corrected chi connectivity index (χ3v) is 5.71. The smallest absolute Gasteiger partial charge is 0.182 e. The molecule has 1 spiro atoms. The average Bonchev–Trinajstić information content (AvgIpc) is 3.21. The van der Waals surface area contributed by atoms with Gasteiger partial charge >= 0.3 is 0 Å². The number of benzene rings is 2. The monoisotopic (exact) mass is 401 g/mol. The van der Waals surface area contributed by atoms with Gasteiger partial charge in [0.05, 0.1) is 0 Å². The molecule has 1 aromatic heterocycles. The largest absolute Gasteiger partial charge is 0.482 e. The molecule has 3 heterocycles. The highest BCUT2D eigenvalue weighted by Gasteiger charge is 2.36. The van der Waals surface area contributed by atoms with Crippen molar-refractivity contribution in [3.63, 3.8) is 0 Å². The zero-order valence-corrected chi connectivity index (χ0v) is 16.8. The van der Waals surface area contributed by atoms with E-state index in [9.17, 15) is 4.79 Å². The van der Waals surface area contributed by atoms with Crippen molar-refractivity contribution in [2.24, 2.45) is 0 Å². The molecule has 0 atom stereocenters. The Morgan fingerprint density at radius 1 is 1.10 bits per heavy atom. The molecule has 7 nitrogen and oxygen atoms in total. The number of nitrogens with zero attached hydrogens (tertiary/aromatic N) is 4. The molecule has 2 aliphatic rings. The van der Waals surface area contributed by atoms with Crippen molar-refractivity contribution in [3.05, 3.63) is 65.7 Å². The quantitative estimate of drug-likeness (QED) is 0.724. The van der Waals surface area contributed by atoms with Crippen LogP contribution in [-0.2, 0) is 11.3 Å². The highest BCUT2D eigenvalue weighted by molar-refractivity contribution is 5.85. The molecule has 30 heavy (non-hydrogen) atoms. The number of piperidine rings is 1. The van der Waals surface area contributed by atoms with Crippen LogP contribution in [0, 0.1) is 0 Å². The highest BCUT2D eigenvalue weighted by atomic mass is 16.5. The van der Waals surface area contributed by atoms with Gasteiger partial charge < -0.3 is 10.1 Å². The number of rotatable bonds is 4. The van der Waals surface area contributed by atoms with Crippen molar-refractivity contribution in [2.75, 3.05) is 13.1 Å². The Balaban J connectivity index is 1.53. The van der Waals surface area contributed by atoms with Crippen molar-refractivity contribution in [3.8, 4) is 17.1 Å². The molecule has 5 rings (SSSR count). The normalized spacial score (nSPS) is 17.2. The van der Waals surface area contributed by atoms with Gasteiger partial charge in [-0.25, -0.2) is 4.68 Å². The number of ether oxygens (including phenoxy) is 1. The van der Waals surface area contributed by atoms with Crippen molar-refractivity contribution >= 4 is 11.4 Å². The summed E-state index contributed by atoms with van der Waals surface area (Å²) < 4.78 is 8.00. The number of nitrogens with one attached hydrogen (secondary N) is 1. The van der Waals surface area contributed by atoms with Gasteiger partial charge in [0, 0.05) is 24.0 Å². The van der Waals surface area contributed by atoms with Crippen LogP contribution in [0.25, 0.3) is 17.0 Å². The Hall–Kier alpha value is -3.32. The Morgan fingerprint density at radius 3 is 2.60 bits per heavy atom. The molecule has 1 saturated heterocycles. The second-order valence-corrected chi connectivity index (χ2v) is 7.91. The summed E-state index contributed by atoms with van der Waals surface area (Å²) in [4.78, 5) is 11.5. The minimum Gasteiger partial charge on any atom is -0.482 e. The minimum atomic E-state index is -0.265. The van der Waals surface area contributed by atoms with E-state index in [1.54, 1.807) is 0 Å². The van der Waals surface area contributed by atoms with Crippen molar-refractivity contribution in [2.45, 2.75) is 31.9 Å². The van der Waals surface area contributed by atoms with E-state index in [2.05, 4.69) is 51.2 Å². The van der Waals surface area contributed by atoms with Crippen molar-refractivity contribution < 1.29 is 9.53 Å². The van der Waals surface area contributed by atoms with Gasteiger partial charge in [-0.05, 0) is 53.7 Å². The number of hydrogen-bond acceptors (Lipinski definition) is 6. The maximum atomic E-state index is 11.5. The average molecular weight is 401 g/mol. The van der Waals surface area contributed by atoms with Gasteiger partial charge in [0.1, 0.15) is 17.9 Å². The van der Waals surface area contributed by atoms with Crippen LogP contribution in [0.2, 0.25) is 0 Å². The van der Waals surface area contributed by atoms with Crippen LogP contribution in [0.15, 0.2) is 54.6 Å². The third kappa shape index (κ3) is 3.41. The number of Topliss-reactive ketones (excluding diaryl/α,β-unsaturated/α-hetero) is 1.